The molecule has 0 aliphatic heterocycles. The number of rotatable bonds is 4. The highest BCUT2D eigenvalue weighted by Crippen LogP contribution is 2.30. The van der Waals surface area contributed by atoms with Crippen LogP contribution in [0.25, 0.3) is 0 Å². The van der Waals surface area contributed by atoms with Crippen LogP contribution in [0.15, 0.2) is 24.3 Å². The Morgan fingerprint density at radius 1 is 1.23 bits per heavy atom. The predicted molar refractivity (Wildman–Crippen MR) is 74.1 cm³/mol. The minimum absolute atomic E-state index is 0.0228. The van der Waals surface area contributed by atoms with Crippen LogP contribution in [-0.2, 0) is 12.8 Å². The fourth-order valence-corrected chi connectivity index (χ4v) is 1.83. The summed E-state index contributed by atoms with van der Waals surface area (Å²) in [7, 11) is 1.37. The van der Waals surface area contributed by atoms with Crippen molar-refractivity contribution >= 4 is 11.6 Å². The number of alkyl halides is 3. The Labute approximate surface area is 129 Å². The van der Waals surface area contributed by atoms with E-state index in [1.165, 1.54) is 19.2 Å². The molecule has 4 nitrogen and oxygen atoms in total. The van der Waals surface area contributed by atoms with Crippen LogP contribution in [0.5, 0.6) is 11.9 Å². The minimum Gasteiger partial charge on any atom is -0.472 e. The molecule has 0 amide bonds. The molecular weight excluding hydrogens is 321 g/mol. The molecule has 22 heavy (non-hydrogen) atoms. The fourth-order valence-electron chi connectivity index (χ4n) is 1.67. The van der Waals surface area contributed by atoms with Crippen LogP contribution in [0, 0.1) is 6.92 Å². The first-order valence-corrected chi connectivity index (χ1v) is 6.56. The lowest BCUT2D eigenvalue weighted by atomic mass is 10.1. The molecule has 0 saturated heterocycles. The van der Waals surface area contributed by atoms with Gasteiger partial charge in [-0.05, 0) is 24.6 Å². The van der Waals surface area contributed by atoms with Gasteiger partial charge in [0.25, 0.3) is 0 Å². The monoisotopic (exact) mass is 332 g/mol. The highest BCUT2D eigenvalue weighted by molar-refractivity contribution is 6.30. The molecular formula is C14H12ClF3N2O2. The van der Waals surface area contributed by atoms with Crippen molar-refractivity contribution in [2.45, 2.75) is 19.7 Å². The number of methoxy groups -OCH3 is 1. The Morgan fingerprint density at radius 2 is 1.95 bits per heavy atom. The van der Waals surface area contributed by atoms with E-state index in [4.69, 9.17) is 21.1 Å². The van der Waals surface area contributed by atoms with Gasteiger partial charge in [-0.2, -0.15) is 23.1 Å². The number of nitrogens with zero attached hydrogens (tertiary/aromatic N) is 2. The maximum absolute atomic E-state index is 12.7. The lowest BCUT2D eigenvalue weighted by Crippen LogP contribution is -2.07. The molecule has 2 aromatic rings. The third-order valence-corrected chi connectivity index (χ3v) is 3.20. The third-order valence-electron chi connectivity index (χ3n) is 2.83. The summed E-state index contributed by atoms with van der Waals surface area (Å²) in [5.74, 6) is 0.161. The Hall–Kier alpha value is -2.02. The van der Waals surface area contributed by atoms with E-state index in [-0.39, 0.29) is 23.7 Å². The largest absolute Gasteiger partial charge is 0.472 e. The first-order chi connectivity index (χ1) is 10.3. The summed E-state index contributed by atoms with van der Waals surface area (Å²) < 4.78 is 48.3. The van der Waals surface area contributed by atoms with Crippen LogP contribution in [0.1, 0.15) is 16.7 Å². The van der Waals surface area contributed by atoms with E-state index in [1.54, 1.807) is 6.92 Å². The van der Waals surface area contributed by atoms with Gasteiger partial charge < -0.3 is 9.47 Å². The van der Waals surface area contributed by atoms with Crippen LogP contribution < -0.4 is 9.47 Å². The smallest absolute Gasteiger partial charge is 0.416 e. The molecule has 0 aliphatic rings. The summed E-state index contributed by atoms with van der Waals surface area (Å²) >= 11 is 5.90. The molecule has 1 aromatic carbocycles. The topological polar surface area (TPSA) is 44.2 Å². The summed E-state index contributed by atoms with van der Waals surface area (Å²) in [5.41, 5.74) is 0.112. The highest BCUT2D eigenvalue weighted by atomic mass is 35.5. The maximum atomic E-state index is 12.7. The van der Waals surface area contributed by atoms with Crippen molar-refractivity contribution in [3.05, 3.63) is 46.1 Å². The molecule has 118 valence electrons. The van der Waals surface area contributed by atoms with Crippen LogP contribution >= 0.6 is 11.6 Å². The summed E-state index contributed by atoms with van der Waals surface area (Å²) in [5, 5.41) is 0.158. The van der Waals surface area contributed by atoms with E-state index in [9.17, 15) is 13.2 Å². The van der Waals surface area contributed by atoms with E-state index >= 15 is 0 Å². The molecule has 1 heterocycles. The fraction of sp³-hybridized carbons (Fsp3) is 0.286. The summed E-state index contributed by atoms with van der Waals surface area (Å²) in [4.78, 5) is 7.83. The third kappa shape index (κ3) is 3.79. The van der Waals surface area contributed by atoms with Crippen LogP contribution in [0.2, 0.25) is 5.15 Å². The quantitative estimate of drug-likeness (QED) is 0.792. The molecule has 0 atom stereocenters. The SMILES string of the molecule is COc1nc(Cl)c(C)c(OCc2cccc(C(F)(F)F)c2)n1. The van der Waals surface area contributed by atoms with Crippen molar-refractivity contribution < 1.29 is 22.6 Å². The van der Waals surface area contributed by atoms with Gasteiger partial charge in [-0.15, -0.1) is 0 Å². The molecule has 0 saturated carbocycles. The molecule has 1 aromatic heterocycles. The highest BCUT2D eigenvalue weighted by Gasteiger charge is 2.30. The average molecular weight is 333 g/mol. The Kier molecular flexibility index (Phi) is 4.75. The maximum Gasteiger partial charge on any atom is 0.416 e. The molecule has 0 aliphatic carbocycles. The zero-order valence-corrected chi connectivity index (χ0v) is 12.5. The van der Waals surface area contributed by atoms with Gasteiger partial charge in [0.15, 0.2) is 0 Å². The summed E-state index contributed by atoms with van der Waals surface area (Å²) in [6, 6.07) is 4.90. The average Bonchev–Trinajstić information content (AvgIpc) is 2.48. The molecule has 0 bridgehead atoms. The Bertz CT molecular complexity index is 678. The predicted octanol–water partition coefficient (Wildman–Crippen LogP) is 4.04. The van der Waals surface area contributed by atoms with Crippen molar-refractivity contribution in [2.75, 3.05) is 7.11 Å². The van der Waals surface area contributed by atoms with Crippen LogP contribution in [-0.4, -0.2) is 17.1 Å². The first-order valence-electron chi connectivity index (χ1n) is 6.18. The second kappa shape index (κ2) is 6.39. The van der Waals surface area contributed by atoms with E-state index in [0.717, 1.165) is 12.1 Å². The molecule has 0 spiro atoms. The van der Waals surface area contributed by atoms with Gasteiger partial charge in [0.1, 0.15) is 11.8 Å². The number of hydrogen-bond donors (Lipinski definition) is 0. The van der Waals surface area contributed by atoms with Gasteiger partial charge in [-0.1, -0.05) is 23.7 Å². The summed E-state index contributed by atoms with van der Waals surface area (Å²) in [6.07, 6.45) is -4.40. The number of halogens is 4. The zero-order valence-electron chi connectivity index (χ0n) is 11.7. The molecule has 0 radical (unpaired) electrons. The Balaban J connectivity index is 2.19. The van der Waals surface area contributed by atoms with Gasteiger partial charge in [0.05, 0.1) is 12.7 Å². The Morgan fingerprint density at radius 3 is 2.59 bits per heavy atom. The number of hydrogen-bond acceptors (Lipinski definition) is 4. The van der Waals surface area contributed by atoms with Crippen molar-refractivity contribution in [2.24, 2.45) is 0 Å². The number of aromatic nitrogens is 2. The molecule has 8 heteroatoms. The van der Waals surface area contributed by atoms with Crippen molar-refractivity contribution in [3.63, 3.8) is 0 Å². The molecule has 0 N–H and O–H groups in total. The standard InChI is InChI=1S/C14H12ClF3N2O2/c1-8-11(15)19-13(21-2)20-12(8)22-7-9-4-3-5-10(6-9)14(16,17)18/h3-6H,7H2,1-2H3. The van der Waals surface area contributed by atoms with E-state index in [2.05, 4.69) is 9.97 Å². The van der Waals surface area contributed by atoms with Crippen LogP contribution in [0.3, 0.4) is 0 Å². The summed E-state index contributed by atoms with van der Waals surface area (Å²) in [6.45, 7) is 1.56. The number of ether oxygens (including phenoxy) is 2. The van der Waals surface area contributed by atoms with Gasteiger partial charge in [0.2, 0.25) is 5.88 Å². The lowest BCUT2D eigenvalue weighted by Gasteiger charge is -2.11. The lowest BCUT2D eigenvalue weighted by molar-refractivity contribution is -0.137. The van der Waals surface area contributed by atoms with Gasteiger partial charge in [-0.25, -0.2) is 0 Å². The van der Waals surface area contributed by atoms with E-state index < -0.39 is 11.7 Å². The van der Waals surface area contributed by atoms with Crippen molar-refractivity contribution in [1.82, 2.24) is 9.97 Å². The van der Waals surface area contributed by atoms with Gasteiger partial charge in [-0.3, -0.25) is 0 Å². The molecule has 0 fully saturated rings. The van der Waals surface area contributed by atoms with Crippen LogP contribution in [0.4, 0.5) is 13.2 Å². The minimum atomic E-state index is -4.40. The van der Waals surface area contributed by atoms with Crippen molar-refractivity contribution in [3.8, 4) is 11.9 Å². The van der Waals surface area contributed by atoms with Crippen molar-refractivity contribution in [1.29, 1.82) is 0 Å². The molecule has 0 unspecified atom stereocenters. The van der Waals surface area contributed by atoms with Gasteiger partial charge in [0, 0.05) is 5.56 Å². The normalized spacial score (nSPS) is 11.4. The number of benzene rings is 1. The second-order valence-corrected chi connectivity index (χ2v) is 4.78. The van der Waals surface area contributed by atoms with E-state index in [0.29, 0.717) is 11.1 Å². The molecule has 2 rings (SSSR count). The second-order valence-electron chi connectivity index (χ2n) is 4.42. The van der Waals surface area contributed by atoms with E-state index in [1.807, 2.05) is 0 Å². The zero-order chi connectivity index (χ0) is 16.3. The van der Waals surface area contributed by atoms with Gasteiger partial charge >= 0.3 is 12.2 Å². The first kappa shape index (κ1) is 16.4.